The summed E-state index contributed by atoms with van der Waals surface area (Å²) < 4.78 is 5.22. The number of carboxylic acid groups (broad SMARTS) is 1. The summed E-state index contributed by atoms with van der Waals surface area (Å²) in [6, 6.07) is 0. The zero-order chi connectivity index (χ0) is 15.1. The molecule has 1 aliphatic heterocycles. The molecular weight excluding hydrogens is 260 g/mol. The first-order valence-corrected chi connectivity index (χ1v) is 6.75. The van der Waals surface area contributed by atoms with Crippen LogP contribution in [0.4, 0.5) is 0 Å². The molecule has 20 heavy (non-hydrogen) atoms. The van der Waals surface area contributed by atoms with Gasteiger partial charge in [-0.2, -0.15) is 0 Å². The number of carbonyl (C=O) groups excluding carboxylic acids is 1. The normalized spacial score (nSPS) is 22.6. The molecule has 1 aliphatic rings. The van der Waals surface area contributed by atoms with Crippen molar-refractivity contribution < 1.29 is 19.2 Å². The molecule has 2 rings (SSSR count). The van der Waals surface area contributed by atoms with Crippen molar-refractivity contribution in [3.63, 3.8) is 0 Å². The lowest BCUT2D eigenvalue weighted by Gasteiger charge is -2.20. The zero-order valence-electron chi connectivity index (χ0n) is 12.3. The molecule has 0 saturated carbocycles. The van der Waals surface area contributed by atoms with Gasteiger partial charge in [0.05, 0.1) is 11.1 Å². The maximum Gasteiger partial charge on any atom is 0.311 e. The second-order valence-corrected chi connectivity index (χ2v) is 6.00. The number of rotatable bonds is 3. The number of carbonyl (C=O) groups is 2. The van der Waals surface area contributed by atoms with Crippen molar-refractivity contribution in [3.05, 3.63) is 17.0 Å². The lowest BCUT2D eigenvalue weighted by Crippen LogP contribution is -2.35. The van der Waals surface area contributed by atoms with Crippen LogP contribution in [0.25, 0.3) is 0 Å². The fraction of sp³-hybridized carbons (Fsp3) is 0.643. The van der Waals surface area contributed by atoms with Crippen molar-refractivity contribution in [3.8, 4) is 0 Å². The van der Waals surface area contributed by atoms with E-state index in [-0.39, 0.29) is 18.4 Å². The number of carboxylic acids is 1. The van der Waals surface area contributed by atoms with Gasteiger partial charge in [-0.05, 0) is 20.3 Å². The Bertz CT molecular complexity index is 549. The number of nitrogens with zero attached hydrogens (tertiary/aromatic N) is 2. The predicted octanol–water partition coefficient (Wildman–Crippen LogP) is 2.04. The second kappa shape index (κ2) is 4.92. The topological polar surface area (TPSA) is 83.6 Å². The first-order chi connectivity index (χ1) is 9.26. The molecule has 1 amide bonds. The van der Waals surface area contributed by atoms with Gasteiger partial charge in [-0.3, -0.25) is 9.59 Å². The van der Waals surface area contributed by atoms with Crippen LogP contribution < -0.4 is 0 Å². The molecule has 1 aromatic heterocycles. The SMILES string of the molecule is Cc1noc(C(C)C)c1C(=O)N1CCC(C)(C(=O)O)C1. The molecule has 1 N–H and O–H groups in total. The van der Waals surface area contributed by atoms with E-state index >= 15 is 0 Å². The quantitative estimate of drug-likeness (QED) is 0.916. The lowest BCUT2D eigenvalue weighted by molar-refractivity contribution is -0.147. The van der Waals surface area contributed by atoms with Crippen LogP contribution in [-0.2, 0) is 4.79 Å². The van der Waals surface area contributed by atoms with Crippen LogP contribution in [0.3, 0.4) is 0 Å². The zero-order valence-corrected chi connectivity index (χ0v) is 12.3. The van der Waals surface area contributed by atoms with Crippen molar-refractivity contribution in [2.24, 2.45) is 5.41 Å². The van der Waals surface area contributed by atoms with Gasteiger partial charge in [0.1, 0.15) is 5.56 Å². The van der Waals surface area contributed by atoms with E-state index in [1.54, 1.807) is 18.7 Å². The average Bonchev–Trinajstić information content (AvgIpc) is 2.93. The third kappa shape index (κ3) is 2.30. The highest BCUT2D eigenvalue weighted by molar-refractivity contribution is 5.97. The third-order valence-corrected chi connectivity index (χ3v) is 3.90. The Labute approximate surface area is 117 Å². The Hall–Kier alpha value is -1.85. The smallest absolute Gasteiger partial charge is 0.311 e. The summed E-state index contributed by atoms with van der Waals surface area (Å²) in [6.45, 7) is 7.94. The van der Waals surface area contributed by atoms with Gasteiger partial charge in [-0.25, -0.2) is 0 Å². The fourth-order valence-electron chi connectivity index (χ4n) is 2.51. The van der Waals surface area contributed by atoms with E-state index in [2.05, 4.69) is 5.16 Å². The van der Waals surface area contributed by atoms with Crippen LogP contribution in [-0.4, -0.2) is 40.1 Å². The van der Waals surface area contributed by atoms with Gasteiger partial charge in [-0.15, -0.1) is 0 Å². The molecule has 0 radical (unpaired) electrons. The highest BCUT2D eigenvalue weighted by Gasteiger charge is 2.43. The third-order valence-electron chi connectivity index (χ3n) is 3.90. The minimum Gasteiger partial charge on any atom is -0.481 e. The number of hydrogen-bond acceptors (Lipinski definition) is 4. The molecule has 110 valence electrons. The molecule has 1 aromatic rings. The van der Waals surface area contributed by atoms with Crippen molar-refractivity contribution >= 4 is 11.9 Å². The Morgan fingerprint density at radius 1 is 1.45 bits per heavy atom. The summed E-state index contributed by atoms with van der Waals surface area (Å²) in [4.78, 5) is 25.4. The van der Waals surface area contributed by atoms with Gasteiger partial charge in [0.2, 0.25) is 0 Å². The van der Waals surface area contributed by atoms with Gasteiger partial charge < -0.3 is 14.5 Å². The maximum atomic E-state index is 12.6. The number of amides is 1. The summed E-state index contributed by atoms with van der Waals surface area (Å²) in [7, 11) is 0. The van der Waals surface area contributed by atoms with E-state index in [4.69, 9.17) is 4.52 Å². The van der Waals surface area contributed by atoms with Crippen LogP contribution in [0.15, 0.2) is 4.52 Å². The van der Waals surface area contributed by atoms with Gasteiger partial charge in [0.15, 0.2) is 5.76 Å². The summed E-state index contributed by atoms with van der Waals surface area (Å²) >= 11 is 0. The van der Waals surface area contributed by atoms with E-state index in [0.717, 1.165) is 0 Å². The molecule has 1 saturated heterocycles. The minimum atomic E-state index is -0.862. The molecule has 2 heterocycles. The number of likely N-dealkylation sites (tertiary alicyclic amines) is 1. The van der Waals surface area contributed by atoms with Gasteiger partial charge in [-0.1, -0.05) is 19.0 Å². The molecular formula is C14H20N2O4. The van der Waals surface area contributed by atoms with Gasteiger partial charge >= 0.3 is 5.97 Å². The number of aryl methyl sites for hydroxylation is 1. The van der Waals surface area contributed by atoms with Crippen LogP contribution in [0.1, 0.15) is 54.9 Å². The van der Waals surface area contributed by atoms with Gasteiger partial charge in [0, 0.05) is 19.0 Å². The van der Waals surface area contributed by atoms with E-state index in [1.165, 1.54) is 0 Å². The summed E-state index contributed by atoms with van der Waals surface area (Å²) in [5.74, 6) is -0.420. The first-order valence-electron chi connectivity index (χ1n) is 6.75. The molecule has 1 atom stereocenters. The van der Waals surface area contributed by atoms with Crippen LogP contribution in [0, 0.1) is 12.3 Å². The fourth-order valence-corrected chi connectivity index (χ4v) is 2.51. The summed E-state index contributed by atoms with van der Waals surface area (Å²) in [5, 5.41) is 13.1. The molecule has 0 aliphatic carbocycles. The van der Waals surface area contributed by atoms with Crippen LogP contribution in [0.2, 0.25) is 0 Å². The molecule has 0 spiro atoms. The van der Waals surface area contributed by atoms with Crippen LogP contribution >= 0.6 is 0 Å². The average molecular weight is 280 g/mol. The van der Waals surface area contributed by atoms with Crippen molar-refractivity contribution in [1.29, 1.82) is 0 Å². The highest BCUT2D eigenvalue weighted by Crippen LogP contribution is 2.32. The van der Waals surface area contributed by atoms with E-state index in [0.29, 0.717) is 30.0 Å². The first kappa shape index (κ1) is 14.6. The Morgan fingerprint density at radius 2 is 2.10 bits per heavy atom. The number of aliphatic carboxylic acids is 1. The van der Waals surface area contributed by atoms with E-state index in [1.807, 2.05) is 13.8 Å². The second-order valence-electron chi connectivity index (χ2n) is 6.00. The van der Waals surface area contributed by atoms with Crippen molar-refractivity contribution in [1.82, 2.24) is 10.1 Å². The lowest BCUT2D eigenvalue weighted by atomic mass is 9.90. The molecule has 1 fully saturated rings. The van der Waals surface area contributed by atoms with Crippen molar-refractivity contribution in [2.45, 2.75) is 40.0 Å². The van der Waals surface area contributed by atoms with E-state index in [9.17, 15) is 14.7 Å². The number of hydrogen-bond donors (Lipinski definition) is 1. The van der Waals surface area contributed by atoms with E-state index < -0.39 is 11.4 Å². The molecule has 1 unspecified atom stereocenters. The molecule has 6 heteroatoms. The Morgan fingerprint density at radius 3 is 2.60 bits per heavy atom. The molecule has 0 aromatic carbocycles. The van der Waals surface area contributed by atoms with Crippen molar-refractivity contribution in [2.75, 3.05) is 13.1 Å². The predicted molar refractivity (Wildman–Crippen MR) is 71.6 cm³/mol. The monoisotopic (exact) mass is 280 g/mol. The maximum absolute atomic E-state index is 12.6. The largest absolute Gasteiger partial charge is 0.481 e. The summed E-state index contributed by atoms with van der Waals surface area (Å²) in [5.41, 5.74) is 0.177. The Balaban J connectivity index is 2.26. The standard InChI is InChI=1S/C14H20N2O4/c1-8(2)11-10(9(3)15-20-11)12(17)16-6-5-14(4,7-16)13(18)19/h8H,5-7H2,1-4H3,(H,18,19). The highest BCUT2D eigenvalue weighted by atomic mass is 16.5. The molecule has 6 nitrogen and oxygen atoms in total. The molecule has 0 bridgehead atoms. The Kier molecular flexibility index (Phi) is 3.58. The number of aromatic nitrogens is 1. The summed E-state index contributed by atoms with van der Waals surface area (Å²) in [6.07, 6.45) is 0.468. The van der Waals surface area contributed by atoms with Crippen LogP contribution in [0.5, 0.6) is 0 Å². The minimum absolute atomic E-state index is 0.0589. The van der Waals surface area contributed by atoms with Gasteiger partial charge in [0.25, 0.3) is 5.91 Å².